The molecule has 5 heteroatoms. The first-order valence-corrected chi connectivity index (χ1v) is 8.54. The molecule has 132 valence electrons. The molecule has 2 aromatic rings. The third-order valence-electron chi connectivity index (χ3n) is 4.98. The minimum absolute atomic E-state index is 0.0614. The summed E-state index contributed by atoms with van der Waals surface area (Å²) < 4.78 is 5.53. The van der Waals surface area contributed by atoms with E-state index in [0.29, 0.717) is 0 Å². The molecule has 4 atom stereocenters. The third kappa shape index (κ3) is 3.52. The number of nitrogens with zero attached hydrogens (tertiary/aromatic N) is 1. The van der Waals surface area contributed by atoms with Crippen LogP contribution in [0.25, 0.3) is 0 Å². The van der Waals surface area contributed by atoms with Crippen molar-refractivity contribution >= 4 is 6.09 Å². The summed E-state index contributed by atoms with van der Waals surface area (Å²) in [6.07, 6.45) is -0.406. The van der Waals surface area contributed by atoms with Crippen molar-refractivity contribution in [1.29, 1.82) is 0 Å². The number of rotatable bonds is 4. The standard InChI is InChI=1S/C20H24N2O3/c1-14-17(12-23)18(21)19(16-10-6-3-7-11-16)22(14)20(24)25-13-15-8-4-2-5-9-15/h2-11,14,17-19,23H,12-13,21H2,1H3/t14-,17+,18+,19-/m0/s1. The van der Waals surface area contributed by atoms with Gasteiger partial charge in [0.1, 0.15) is 6.61 Å². The molecule has 1 aliphatic rings. The van der Waals surface area contributed by atoms with Gasteiger partial charge in [-0.05, 0) is 18.1 Å². The molecule has 5 nitrogen and oxygen atoms in total. The maximum atomic E-state index is 12.8. The van der Waals surface area contributed by atoms with Crippen LogP contribution in [0.4, 0.5) is 4.79 Å². The highest BCUT2D eigenvalue weighted by Crippen LogP contribution is 2.39. The molecular formula is C20H24N2O3. The first kappa shape index (κ1) is 17.5. The number of amides is 1. The maximum Gasteiger partial charge on any atom is 0.410 e. The van der Waals surface area contributed by atoms with Gasteiger partial charge in [0.25, 0.3) is 0 Å². The fourth-order valence-corrected chi connectivity index (χ4v) is 3.58. The molecule has 0 aliphatic carbocycles. The Kier molecular flexibility index (Phi) is 5.36. The number of likely N-dealkylation sites (tertiary alicyclic amines) is 1. The number of carbonyl (C=O) groups is 1. The van der Waals surface area contributed by atoms with Gasteiger partial charge in [-0.2, -0.15) is 0 Å². The van der Waals surface area contributed by atoms with Gasteiger partial charge in [0.2, 0.25) is 0 Å². The number of ether oxygens (including phenoxy) is 1. The van der Waals surface area contributed by atoms with Crippen molar-refractivity contribution < 1.29 is 14.6 Å². The van der Waals surface area contributed by atoms with Crippen LogP contribution in [0.3, 0.4) is 0 Å². The van der Waals surface area contributed by atoms with Crippen molar-refractivity contribution in [2.75, 3.05) is 6.61 Å². The van der Waals surface area contributed by atoms with E-state index in [1.807, 2.05) is 67.6 Å². The van der Waals surface area contributed by atoms with Gasteiger partial charge in [-0.25, -0.2) is 4.79 Å². The van der Waals surface area contributed by atoms with Crippen LogP contribution in [0.2, 0.25) is 0 Å². The minimum Gasteiger partial charge on any atom is -0.445 e. The maximum absolute atomic E-state index is 12.8. The van der Waals surface area contributed by atoms with E-state index in [2.05, 4.69) is 0 Å². The first-order chi connectivity index (χ1) is 12.1. The SMILES string of the molecule is C[C@H]1[C@@H](CO)[C@@H](N)[C@H](c2ccccc2)N1C(=O)OCc1ccccc1. The van der Waals surface area contributed by atoms with Crippen molar-refractivity contribution in [2.24, 2.45) is 11.7 Å². The lowest BCUT2D eigenvalue weighted by Gasteiger charge is -2.29. The quantitative estimate of drug-likeness (QED) is 0.897. The Bertz CT molecular complexity index is 693. The Labute approximate surface area is 148 Å². The lowest BCUT2D eigenvalue weighted by Crippen LogP contribution is -2.38. The van der Waals surface area contributed by atoms with Crippen molar-refractivity contribution in [3.05, 3.63) is 71.8 Å². The minimum atomic E-state index is -0.406. The summed E-state index contributed by atoms with van der Waals surface area (Å²) in [4.78, 5) is 14.5. The molecule has 0 spiro atoms. The number of hydrogen-bond donors (Lipinski definition) is 2. The lowest BCUT2D eigenvalue weighted by atomic mass is 9.93. The Morgan fingerprint density at radius 2 is 1.72 bits per heavy atom. The van der Waals surface area contributed by atoms with Crippen LogP contribution < -0.4 is 5.73 Å². The second-order valence-electron chi connectivity index (χ2n) is 6.47. The van der Waals surface area contributed by atoms with E-state index in [0.717, 1.165) is 11.1 Å². The Hall–Kier alpha value is -2.37. The average molecular weight is 340 g/mol. The van der Waals surface area contributed by atoms with Crippen LogP contribution in [0.5, 0.6) is 0 Å². The normalized spacial score (nSPS) is 25.8. The second-order valence-corrected chi connectivity index (χ2v) is 6.47. The predicted octanol–water partition coefficient (Wildman–Crippen LogP) is 2.70. The fraction of sp³-hybridized carbons (Fsp3) is 0.350. The van der Waals surface area contributed by atoms with E-state index in [1.165, 1.54) is 0 Å². The van der Waals surface area contributed by atoms with Gasteiger partial charge in [-0.3, -0.25) is 4.90 Å². The number of aliphatic hydroxyl groups is 1. The van der Waals surface area contributed by atoms with Crippen molar-refractivity contribution in [1.82, 2.24) is 4.90 Å². The van der Waals surface area contributed by atoms with Crippen LogP contribution in [0.1, 0.15) is 24.1 Å². The van der Waals surface area contributed by atoms with Crippen LogP contribution >= 0.6 is 0 Å². The van der Waals surface area contributed by atoms with Crippen molar-refractivity contribution in [2.45, 2.75) is 31.7 Å². The zero-order chi connectivity index (χ0) is 17.8. The summed E-state index contributed by atoms with van der Waals surface area (Å²) in [5, 5.41) is 9.72. The van der Waals surface area contributed by atoms with Gasteiger partial charge in [-0.1, -0.05) is 60.7 Å². The van der Waals surface area contributed by atoms with Gasteiger partial charge in [0, 0.05) is 24.6 Å². The van der Waals surface area contributed by atoms with E-state index in [1.54, 1.807) is 4.90 Å². The van der Waals surface area contributed by atoms with Gasteiger partial charge >= 0.3 is 6.09 Å². The lowest BCUT2D eigenvalue weighted by molar-refractivity contribution is 0.0750. The highest BCUT2D eigenvalue weighted by Gasteiger charge is 2.48. The molecule has 1 fully saturated rings. The van der Waals surface area contributed by atoms with Gasteiger partial charge in [-0.15, -0.1) is 0 Å². The molecule has 0 radical (unpaired) electrons. The number of aliphatic hydroxyl groups excluding tert-OH is 1. The largest absolute Gasteiger partial charge is 0.445 e. The van der Waals surface area contributed by atoms with E-state index in [4.69, 9.17) is 10.5 Å². The van der Waals surface area contributed by atoms with Gasteiger partial charge < -0.3 is 15.6 Å². The second kappa shape index (κ2) is 7.68. The van der Waals surface area contributed by atoms with Gasteiger partial charge in [0.15, 0.2) is 0 Å². The number of hydrogen-bond acceptors (Lipinski definition) is 4. The van der Waals surface area contributed by atoms with E-state index in [9.17, 15) is 9.90 Å². The molecule has 3 N–H and O–H groups in total. The molecule has 0 saturated carbocycles. The summed E-state index contributed by atoms with van der Waals surface area (Å²) in [6, 6.07) is 18.4. The fourth-order valence-electron chi connectivity index (χ4n) is 3.58. The smallest absolute Gasteiger partial charge is 0.410 e. The summed E-state index contributed by atoms with van der Waals surface area (Å²) in [5.41, 5.74) is 8.27. The number of benzene rings is 2. The first-order valence-electron chi connectivity index (χ1n) is 8.54. The topological polar surface area (TPSA) is 75.8 Å². The zero-order valence-corrected chi connectivity index (χ0v) is 14.3. The average Bonchev–Trinajstić information content (AvgIpc) is 2.91. The molecule has 25 heavy (non-hydrogen) atoms. The summed E-state index contributed by atoms with van der Waals surface area (Å²) in [6.45, 7) is 2.06. The van der Waals surface area contributed by atoms with Crippen LogP contribution in [-0.4, -0.2) is 34.8 Å². The monoisotopic (exact) mass is 340 g/mol. The van der Waals surface area contributed by atoms with Crippen molar-refractivity contribution in [3.8, 4) is 0 Å². The van der Waals surface area contributed by atoms with E-state index in [-0.39, 0.29) is 37.3 Å². The highest BCUT2D eigenvalue weighted by atomic mass is 16.6. The highest BCUT2D eigenvalue weighted by molar-refractivity contribution is 5.70. The molecule has 1 heterocycles. The van der Waals surface area contributed by atoms with Gasteiger partial charge in [0.05, 0.1) is 6.04 Å². The molecule has 0 bridgehead atoms. The zero-order valence-electron chi connectivity index (χ0n) is 14.3. The summed E-state index contributed by atoms with van der Waals surface area (Å²) >= 11 is 0. The van der Waals surface area contributed by atoms with E-state index < -0.39 is 6.09 Å². The number of carbonyl (C=O) groups excluding carboxylic acids is 1. The molecule has 3 rings (SSSR count). The van der Waals surface area contributed by atoms with E-state index >= 15 is 0 Å². The third-order valence-corrected chi connectivity index (χ3v) is 4.98. The van der Waals surface area contributed by atoms with Crippen LogP contribution in [-0.2, 0) is 11.3 Å². The summed E-state index contributed by atoms with van der Waals surface area (Å²) in [5.74, 6) is -0.186. The number of nitrogens with two attached hydrogens (primary N) is 1. The Morgan fingerprint density at radius 1 is 1.12 bits per heavy atom. The molecule has 1 amide bonds. The molecule has 2 aromatic carbocycles. The summed E-state index contributed by atoms with van der Waals surface area (Å²) in [7, 11) is 0. The molecule has 1 saturated heterocycles. The van der Waals surface area contributed by atoms with Crippen LogP contribution in [0.15, 0.2) is 60.7 Å². The Morgan fingerprint density at radius 3 is 2.32 bits per heavy atom. The molecule has 0 aromatic heterocycles. The predicted molar refractivity (Wildman–Crippen MR) is 95.7 cm³/mol. The molecular weight excluding hydrogens is 316 g/mol. The van der Waals surface area contributed by atoms with Crippen molar-refractivity contribution in [3.63, 3.8) is 0 Å². The molecule has 1 aliphatic heterocycles. The van der Waals surface area contributed by atoms with Crippen LogP contribution in [0, 0.1) is 5.92 Å². The Balaban J connectivity index is 1.81. The molecule has 0 unspecified atom stereocenters.